The number of nitrogens with one attached hydrogen (secondary N) is 1. The van der Waals surface area contributed by atoms with Gasteiger partial charge in [0.05, 0.1) is 0 Å². The maximum atomic E-state index is 11.9. The van der Waals surface area contributed by atoms with Gasteiger partial charge < -0.3 is 15.4 Å². The van der Waals surface area contributed by atoms with Gasteiger partial charge in [-0.1, -0.05) is 0 Å². The van der Waals surface area contributed by atoms with E-state index in [-0.39, 0.29) is 18.5 Å². The lowest BCUT2D eigenvalue weighted by Crippen LogP contribution is -2.40. The standard InChI is InChI=1S/C10H16F3N5O/c11-10(12,13)6-19-5-8-15-9(17-16-8)18-3-1-7(14)2-4-18/h7H,1-6,14H2,(H,15,16,17). The number of nitrogens with two attached hydrogens (primary N) is 1. The molecular formula is C10H16F3N5O. The smallest absolute Gasteiger partial charge is 0.364 e. The third kappa shape index (κ3) is 4.35. The van der Waals surface area contributed by atoms with E-state index >= 15 is 0 Å². The summed E-state index contributed by atoms with van der Waals surface area (Å²) in [5, 5.41) is 6.54. The number of aromatic nitrogens is 3. The van der Waals surface area contributed by atoms with Gasteiger partial charge in [0.1, 0.15) is 13.2 Å². The Balaban J connectivity index is 1.82. The van der Waals surface area contributed by atoms with Gasteiger partial charge in [-0.25, -0.2) is 0 Å². The molecular weight excluding hydrogens is 263 g/mol. The predicted molar refractivity (Wildman–Crippen MR) is 61.5 cm³/mol. The molecule has 6 nitrogen and oxygen atoms in total. The molecule has 1 fully saturated rings. The first-order valence-corrected chi connectivity index (χ1v) is 6.00. The average Bonchev–Trinajstić information content (AvgIpc) is 2.77. The Hall–Kier alpha value is -1.35. The van der Waals surface area contributed by atoms with E-state index in [1.165, 1.54) is 0 Å². The zero-order chi connectivity index (χ0) is 13.9. The second-order valence-corrected chi connectivity index (χ2v) is 4.51. The van der Waals surface area contributed by atoms with Gasteiger partial charge in [0.25, 0.3) is 0 Å². The maximum absolute atomic E-state index is 11.9. The third-order valence-corrected chi connectivity index (χ3v) is 2.85. The van der Waals surface area contributed by atoms with Crippen molar-refractivity contribution in [2.24, 2.45) is 5.73 Å². The van der Waals surface area contributed by atoms with Crippen molar-refractivity contribution in [3.8, 4) is 0 Å². The average molecular weight is 279 g/mol. The van der Waals surface area contributed by atoms with E-state index in [2.05, 4.69) is 19.9 Å². The fourth-order valence-corrected chi connectivity index (χ4v) is 1.85. The molecule has 1 aliphatic rings. The van der Waals surface area contributed by atoms with Gasteiger partial charge in [-0.2, -0.15) is 18.2 Å². The Kier molecular flexibility index (Phi) is 4.25. The van der Waals surface area contributed by atoms with Gasteiger partial charge in [0, 0.05) is 19.1 Å². The lowest BCUT2D eigenvalue weighted by molar-refractivity contribution is -0.177. The summed E-state index contributed by atoms with van der Waals surface area (Å²) < 4.78 is 40.2. The minimum atomic E-state index is -4.33. The van der Waals surface area contributed by atoms with Crippen LogP contribution in [0.25, 0.3) is 0 Å². The molecule has 1 saturated heterocycles. The quantitative estimate of drug-likeness (QED) is 0.852. The monoisotopic (exact) mass is 279 g/mol. The number of piperidine rings is 1. The van der Waals surface area contributed by atoms with Gasteiger partial charge in [-0.3, -0.25) is 5.10 Å². The van der Waals surface area contributed by atoms with Crippen LogP contribution in [0.15, 0.2) is 0 Å². The molecule has 0 unspecified atom stereocenters. The molecule has 9 heteroatoms. The van der Waals surface area contributed by atoms with Crippen LogP contribution in [-0.2, 0) is 11.3 Å². The van der Waals surface area contributed by atoms with Crippen molar-refractivity contribution < 1.29 is 17.9 Å². The molecule has 1 aromatic heterocycles. The molecule has 108 valence electrons. The predicted octanol–water partition coefficient (Wildman–Crippen LogP) is 0.811. The Bertz CT molecular complexity index is 400. The van der Waals surface area contributed by atoms with Crippen LogP contribution in [0, 0.1) is 0 Å². The largest absolute Gasteiger partial charge is 0.411 e. The van der Waals surface area contributed by atoms with Crippen LogP contribution in [0.3, 0.4) is 0 Å². The highest BCUT2D eigenvalue weighted by molar-refractivity contribution is 5.29. The molecule has 19 heavy (non-hydrogen) atoms. The van der Waals surface area contributed by atoms with E-state index in [1.807, 2.05) is 4.90 Å². The Morgan fingerprint density at radius 3 is 2.68 bits per heavy atom. The molecule has 0 aromatic carbocycles. The minimum absolute atomic E-state index is 0.199. The fourth-order valence-electron chi connectivity index (χ4n) is 1.85. The summed E-state index contributed by atoms with van der Waals surface area (Å²) >= 11 is 0. The number of anilines is 1. The van der Waals surface area contributed by atoms with Gasteiger partial charge in [0.15, 0.2) is 5.82 Å². The second-order valence-electron chi connectivity index (χ2n) is 4.51. The fraction of sp³-hybridized carbons (Fsp3) is 0.800. The van der Waals surface area contributed by atoms with Gasteiger partial charge in [0.2, 0.25) is 5.95 Å². The van der Waals surface area contributed by atoms with E-state index in [4.69, 9.17) is 5.73 Å². The summed E-state index contributed by atoms with van der Waals surface area (Å²) in [6.07, 6.45) is -2.62. The lowest BCUT2D eigenvalue weighted by Gasteiger charge is -2.28. The normalized spacial score (nSPS) is 18.0. The summed E-state index contributed by atoms with van der Waals surface area (Å²) in [6, 6.07) is 0.199. The summed E-state index contributed by atoms with van der Waals surface area (Å²) in [5.41, 5.74) is 5.78. The van der Waals surface area contributed by atoms with Crippen LogP contribution in [0.2, 0.25) is 0 Å². The SMILES string of the molecule is NC1CCN(c2n[nH]c(COCC(F)(F)F)n2)CC1. The van der Waals surface area contributed by atoms with Crippen molar-refractivity contribution in [1.29, 1.82) is 0 Å². The van der Waals surface area contributed by atoms with E-state index in [0.29, 0.717) is 5.95 Å². The van der Waals surface area contributed by atoms with Crippen molar-refractivity contribution in [1.82, 2.24) is 15.2 Å². The van der Waals surface area contributed by atoms with Crippen LogP contribution in [0.5, 0.6) is 0 Å². The molecule has 1 aromatic rings. The number of alkyl halides is 3. The number of ether oxygens (including phenoxy) is 1. The molecule has 0 atom stereocenters. The molecule has 0 radical (unpaired) electrons. The van der Waals surface area contributed by atoms with Crippen molar-refractivity contribution >= 4 is 5.95 Å². The third-order valence-electron chi connectivity index (χ3n) is 2.85. The number of nitrogens with zero attached hydrogens (tertiary/aromatic N) is 3. The molecule has 2 heterocycles. The molecule has 0 amide bonds. The molecule has 0 saturated carbocycles. The Morgan fingerprint density at radius 1 is 1.37 bits per heavy atom. The van der Waals surface area contributed by atoms with Crippen molar-refractivity contribution in [2.45, 2.75) is 31.7 Å². The molecule has 0 bridgehead atoms. The topological polar surface area (TPSA) is 80.1 Å². The molecule has 1 aliphatic heterocycles. The zero-order valence-corrected chi connectivity index (χ0v) is 10.3. The summed E-state index contributed by atoms with van der Waals surface area (Å²) in [5.74, 6) is 0.770. The highest BCUT2D eigenvalue weighted by Crippen LogP contribution is 2.17. The number of halogens is 3. The zero-order valence-electron chi connectivity index (χ0n) is 10.3. The maximum Gasteiger partial charge on any atom is 0.411 e. The van der Waals surface area contributed by atoms with Crippen molar-refractivity contribution in [3.05, 3.63) is 5.82 Å². The molecule has 0 spiro atoms. The van der Waals surface area contributed by atoms with E-state index in [9.17, 15) is 13.2 Å². The van der Waals surface area contributed by atoms with Crippen LogP contribution in [0.1, 0.15) is 18.7 Å². The number of hydrogen-bond donors (Lipinski definition) is 2. The Labute approximate surface area is 108 Å². The van der Waals surface area contributed by atoms with E-state index < -0.39 is 12.8 Å². The van der Waals surface area contributed by atoms with Crippen LogP contribution in [-0.4, -0.2) is 47.1 Å². The van der Waals surface area contributed by atoms with Gasteiger partial charge >= 0.3 is 6.18 Å². The number of rotatable bonds is 4. The number of H-pyrrole nitrogens is 1. The first-order chi connectivity index (χ1) is 8.94. The highest BCUT2D eigenvalue weighted by atomic mass is 19.4. The van der Waals surface area contributed by atoms with Crippen LogP contribution in [0.4, 0.5) is 19.1 Å². The second kappa shape index (κ2) is 5.74. The molecule has 0 aliphatic carbocycles. The highest BCUT2D eigenvalue weighted by Gasteiger charge is 2.27. The van der Waals surface area contributed by atoms with Crippen LogP contribution >= 0.6 is 0 Å². The summed E-state index contributed by atoms with van der Waals surface area (Å²) in [7, 11) is 0. The van der Waals surface area contributed by atoms with Crippen LogP contribution < -0.4 is 10.6 Å². The summed E-state index contributed by atoms with van der Waals surface area (Å²) in [4.78, 5) is 6.06. The number of aromatic amines is 1. The van der Waals surface area contributed by atoms with Gasteiger partial charge in [-0.15, -0.1) is 5.10 Å². The van der Waals surface area contributed by atoms with Crippen molar-refractivity contribution in [3.63, 3.8) is 0 Å². The lowest BCUT2D eigenvalue weighted by atomic mass is 10.1. The van der Waals surface area contributed by atoms with E-state index in [1.54, 1.807) is 0 Å². The minimum Gasteiger partial charge on any atom is -0.364 e. The van der Waals surface area contributed by atoms with Gasteiger partial charge in [-0.05, 0) is 12.8 Å². The van der Waals surface area contributed by atoms with E-state index in [0.717, 1.165) is 25.9 Å². The molecule has 2 rings (SSSR count). The first kappa shape index (κ1) is 14.1. The Morgan fingerprint density at radius 2 is 2.05 bits per heavy atom. The molecule has 3 N–H and O–H groups in total. The van der Waals surface area contributed by atoms with Crippen molar-refractivity contribution in [2.75, 3.05) is 24.6 Å². The summed E-state index contributed by atoms with van der Waals surface area (Å²) in [6.45, 7) is -0.0226. The first-order valence-electron chi connectivity index (χ1n) is 6.00. The number of hydrogen-bond acceptors (Lipinski definition) is 5.